The standard InChI is InChI=1S/C19H24FNO4S/c20-17-9-6-15(7-10-17)12-13-26(24,25)21-18-11-8-16(14-18)4-2-1-3-5-19(22)23/h2,4,6-7,9-10,14,16,21H,1,3,5,8,11-13H2,(H,22,23). The number of benzene rings is 1. The van der Waals surface area contributed by atoms with Gasteiger partial charge in [0.15, 0.2) is 0 Å². The molecule has 0 aromatic heterocycles. The Hall–Kier alpha value is -2.15. The van der Waals surface area contributed by atoms with Crippen molar-refractivity contribution in [1.82, 2.24) is 4.72 Å². The van der Waals surface area contributed by atoms with Gasteiger partial charge in [-0.25, -0.2) is 12.8 Å². The summed E-state index contributed by atoms with van der Waals surface area (Å²) in [5.74, 6) is -1.01. The maximum atomic E-state index is 12.9. The predicted molar refractivity (Wildman–Crippen MR) is 98.5 cm³/mol. The molecule has 0 aliphatic heterocycles. The van der Waals surface area contributed by atoms with Gasteiger partial charge >= 0.3 is 5.97 Å². The second-order valence-electron chi connectivity index (χ2n) is 6.41. The normalized spacial score (nSPS) is 17.4. The third-order valence-corrected chi connectivity index (χ3v) is 5.48. The second kappa shape index (κ2) is 9.52. The second-order valence-corrected chi connectivity index (χ2v) is 8.25. The van der Waals surface area contributed by atoms with Gasteiger partial charge in [-0.1, -0.05) is 30.4 Å². The van der Waals surface area contributed by atoms with Gasteiger partial charge in [0, 0.05) is 12.1 Å². The maximum absolute atomic E-state index is 12.9. The molecule has 7 heteroatoms. The van der Waals surface area contributed by atoms with Gasteiger partial charge in [-0.3, -0.25) is 9.52 Å². The van der Waals surface area contributed by atoms with Crippen molar-refractivity contribution >= 4 is 16.0 Å². The largest absolute Gasteiger partial charge is 0.481 e. The molecule has 142 valence electrons. The highest BCUT2D eigenvalue weighted by Crippen LogP contribution is 2.24. The van der Waals surface area contributed by atoms with E-state index in [1.54, 1.807) is 12.1 Å². The van der Waals surface area contributed by atoms with Gasteiger partial charge in [0.25, 0.3) is 0 Å². The van der Waals surface area contributed by atoms with Crippen molar-refractivity contribution in [2.24, 2.45) is 5.92 Å². The molecule has 0 amide bonds. The highest BCUT2D eigenvalue weighted by atomic mass is 32.2. The summed E-state index contributed by atoms with van der Waals surface area (Å²) < 4.78 is 39.9. The molecular weight excluding hydrogens is 357 g/mol. The van der Waals surface area contributed by atoms with Crippen molar-refractivity contribution in [3.8, 4) is 0 Å². The lowest BCUT2D eigenvalue weighted by atomic mass is 10.1. The Labute approximate surface area is 153 Å². The molecule has 0 radical (unpaired) electrons. The Bertz CT molecular complexity index is 769. The number of halogens is 1. The van der Waals surface area contributed by atoms with Crippen molar-refractivity contribution in [3.63, 3.8) is 0 Å². The number of aliphatic carboxylic acids is 1. The van der Waals surface area contributed by atoms with Crippen LogP contribution in [0.2, 0.25) is 0 Å². The molecule has 0 fully saturated rings. The van der Waals surface area contributed by atoms with Crippen molar-refractivity contribution < 1.29 is 22.7 Å². The molecule has 0 saturated carbocycles. The van der Waals surface area contributed by atoms with Crippen LogP contribution >= 0.6 is 0 Å². The molecule has 5 nitrogen and oxygen atoms in total. The molecule has 1 unspecified atom stereocenters. The van der Waals surface area contributed by atoms with E-state index in [0.29, 0.717) is 31.4 Å². The summed E-state index contributed by atoms with van der Waals surface area (Å²) in [6.07, 6.45) is 9.16. The SMILES string of the molecule is O=C(O)CCCC=CC1C=C(NS(=O)(=O)CCc2ccc(F)cc2)CC1. The minimum Gasteiger partial charge on any atom is -0.481 e. The number of carbonyl (C=O) groups is 1. The lowest BCUT2D eigenvalue weighted by Gasteiger charge is -2.08. The Kier molecular flexibility index (Phi) is 7.38. The van der Waals surface area contributed by atoms with Gasteiger partial charge in [-0.15, -0.1) is 0 Å². The van der Waals surface area contributed by atoms with Gasteiger partial charge < -0.3 is 5.11 Å². The van der Waals surface area contributed by atoms with Crippen LogP contribution in [0.25, 0.3) is 0 Å². The molecule has 1 atom stereocenters. The fraction of sp³-hybridized carbons (Fsp3) is 0.421. The Morgan fingerprint density at radius 2 is 2.04 bits per heavy atom. The first kappa shape index (κ1) is 20.2. The molecular formula is C19H24FNO4S. The first-order valence-electron chi connectivity index (χ1n) is 8.68. The molecule has 0 saturated heterocycles. The molecule has 2 rings (SSSR count). The molecule has 26 heavy (non-hydrogen) atoms. The van der Waals surface area contributed by atoms with E-state index in [1.807, 2.05) is 18.2 Å². The molecule has 1 aliphatic carbocycles. The number of nitrogens with one attached hydrogen (secondary N) is 1. The summed E-state index contributed by atoms with van der Waals surface area (Å²) in [6, 6.07) is 5.82. The summed E-state index contributed by atoms with van der Waals surface area (Å²) >= 11 is 0. The van der Waals surface area contributed by atoms with Crippen LogP contribution < -0.4 is 4.72 Å². The first-order valence-corrected chi connectivity index (χ1v) is 10.3. The third-order valence-electron chi connectivity index (χ3n) is 4.17. The summed E-state index contributed by atoms with van der Waals surface area (Å²) in [5.41, 5.74) is 1.48. The fourth-order valence-corrected chi connectivity index (χ4v) is 3.96. The summed E-state index contributed by atoms with van der Waals surface area (Å²) in [5, 5.41) is 8.58. The van der Waals surface area contributed by atoms with Gasteiger partial charge in [0.1, 0.15) is 5.82 Å². The molecule has 0 heterocycles. The minimum absolute atomic E-state index is 0.0499. The molecule has 1 aromatic rings. The van der Waals surface area contributed by atoms with Crippen molar-refractivity contribution in [3.05, 3.63) is 59.6 Å². The number of rotatable bonds is 10. The quantitative estimate of drug-likeness (QED) is 0.481. The Balaban J connectivity index is 1.78. The Morgan fingerprint density at radius 1 is 1.31 bits per heavy atom. The lowest BCUT2D eigenvalue weighted by molar-refractivity contribution is -0.137. The van der Waals surface area contributed by atoms with E-state index in [0.717, 1.165) is 12.0 Å². The van der Waals surface area contributed by atoms with E-state index in [4.69, 9.17) is 5.11 Å². The van der Waals surface area contributed by atoms with E-state index in [9.17, 15) is 17.6 Å². The van der Waals surface area contributed by atoms with Gasteiger partial charge in [-0.05, 0) is 55.7 Å². The van der Waals surface area contributed by atoms with Gasteiger partial charge in [0.05, 0.1) is 5.75 Å². The van der Waals surface area contributed by atoms with E-state index < -0.39 is 16.0 Å². The van der Waals surface area contributed by atoms with E-state index in [1.165, 1.54) is 12.1 Å². The zero-order chi connectivity index (χ0) is 19.0. The number of carboxylic acids is 1. The Morgan fingerprint density at radius 3 is 2.73 bits per heavy atom. The smallest absolute Gasteiger partial charge is 0.303 e. The third kappa shape index (κ3) is 7.39. The van der Waals surface area contributed by atoms with Crippen LogP contribution in [-0.2, 0) is 21.2 Å². The summed E-state index contributed by atoms with van der Waals surface area (Å²) in [7, 11) is -3.44. The number of aryl methyl sites for hydroxylation is 1. The monoisotopic (exact) mass is 381 g/mol. The van der Waals surface area contributed by atoms with E-state index >= 15 is 0 Å². The number of hydrogen-bond donors (Lipinski definition) is 2. The number of hydrogen-bond acceptors (Lipinski definition) is 3. The fourth-order valence-electron chi connectivity index (χ4n) is 2.78. The number of carboxylic acid groups (broad SMARTS) is 1. The van der Waals surface area contributed by atoms with Gasteiger partial charge in [-0.2, -0.15) is 0 Å². The van der Waals surface area contributed by atoms with Crippen molar-refractivity contribution in [2.75, 3.05) is 5.75 Å². The molecule has 0 bridgehead atoms. The zero-order valence-corrected chi connectivity index (χ0v) is 15.3. The molecule has 1 aromatic carbocycles. The van der Waals surface area contributed by atoms with Crippen molar-refractivity contribution in [2.45, 2.75) is 38.5 Å². The van der Waals surface area contributed by atoms with Crippen molar-refractivity contribution in [1.29, 1.82) is 0 Å². The van der Waals surface area contributed by atoms with E-state index in [2.05, 4.69) is 4.72 Å². The highest BCUT2D eigenvalue weighted by Gasteiger charge is 2.18. The van der Waals surface area contributed by atoms with Crippen LogP contribution in [0.15, 0.2) is 48.2 Å². The zero-order valence-electron chi connectivity index (χ0n) is 14.5. The summed E-state index contributed by atoms with van der Waals surface area (Å²) in [6.45, 7) is 0. The molecule has 1 aliphatic rings. The van der Waals surface area contributed by atoms with Gasteiger partial charge in [0.2, 0.25) is 10.0 Å². The first-order chi connectivity index (χ1) is 12.3. The lowest BCUT2D eigenvalue weighted by Crippen LogP contribution is -2.26. The van der Waals surface area contributed by atoms with Crippen LogP contribution in [0, 0.1) is 11.7 Å². The van der Waals surface area contributed by atoms with Crippen LogP contribution in [0.1, 0.15) is 37.7 Å². The topological polar surface area (TPSA) is 83.5 Å². The van der Waals surface area contributed by atoms with Crippen LogP contribution in [0.3, 0.4) is 0 Å². The summed E-state index contributed by atoms with van der Waals surface area (Å²) in [4.78, 5) is 10.4. The van der Waals surface area contributed by atoms with Crippen LogP contribution in [0.5, 0.6) is 0 Å². The molecule has 2 N–H and O–H groups in total. The number of unbranched alkanes of at least 4 members (excludes halogenated alkanes) is 1. The number of allylic oxidation sites excluding steroid dienone is 4. The minimum atomic E-state index is -3.44. The van der Waals surface area contributed by atoms with Crippen LogP contribution in [0.4, 0.5) is 4.39 Å². The van der Waals surface area contributed by atoms with E-state index in [-0.39, 0.29) is 23.9 Å². The predicted octanol–water partition coefficient (Wildman–Crippen LogP) is 3.39. The number of sulfonamides is 1. The average Bonchev–Trinajstić information content (AvgIpc) is 3.00. The average molecular weight is 381 g/mol. The maximum Gasteiger partial charge on any atom is 0.303 e. The highest BCUT2D eigenvalue weighted by molar-refractivity contribution is 7.89. The molecule has 0 spiro atoms. The van der Waals surface area contributed by atoms with Crippen LogP contribution in [-0.4, -0.2) is 25.2 Å².